The number of para-hydroxylation sites is 2. The van der Waals surface area contributed by atoms with Gasteiger partial charge in [-0.1, -0.05) is 109 Å². The van der Waals surface area contributed by atoms with Gasteiger partial charge in [0.15, 0.2) is 0 Å². The number of fused-ring (bicyclic) bond motifs is 8. The summed E-state index contributed by atoms with van der Waals surface area (Å²) in [5.41, 5.74) is 8.26. The second kappa shape index (κ2) is 11.2. The monoisotopic (exact) mass is 660 g/mol. The predicted molar refractivity (Wildman–Crippen MR) is 217 cm³/mol. The summed E-state index contributed by atoms with van der Waals surface area (Å²) in [6, 6.07) is 59.9. The number of rotatable bonds is 2. The van der Waals surface area contributed by atoms with E-state index in [2.05, 4.69) is 146 Å². The average Bonchev–Trinajstić information content (AvgIpc) is 3.19. The van der Waals surface area contributed by atoms with Crippen molar-refractivity contribution in [2.45, 2.75) is 0 Å². The van der Waals surface area contributed by atoms with E-state index in [-0.39, 0.29) is 0 Å². The first-order chi connectivity index (χ1) is 25.7. The summed E-state index contributed by atoms with van der Waals surface area (Å²) in [7, 11) is 0. The van der Waals surface area contributed by atoms with E-state index in [1.165, 1.54) is 32.3 Å². The molecule has 0 aliphatic carbocycles. The van der Waals surface area contributed by atoms with E-state index in [0.717, 1.165) is 77.9 Å². The number of benzene rings is 8. The predicted octanol–water partition coefficient (Wildman–Crippen LogP) is 12.0. The average molecular weight is 661 g/mol. The molecule has 8 aromatic carbocycles. The molecule has 0 saturated carbocycles. The SMILES string of the molecule is c1ccc2cc3cc(C4=Nc5cc6ccccc6nc5C(c5ccc6cc7ccccc7cc6c5)=Nc5cc6ccccc6nc54)ccc3cc2c1. The van der Waals surface area contributed by atoms with Crippen molar-refractivity contribution in [3.8, 4) is 0 Å². The van der Waals surface area contributed by atoms with E-state index in [0.29, 0.717) is 0 Å². The molecule has 1 aliphatic rings. The van der Waals surface area contributed by atoms with Gasteiger partial charge in [-0.3, -0.25) is 0 Å². The van der Waals surface area contributed by atoms with Gasteiger partial charge in [-0.2, -0.15) is 0 Å². The Labute approximate surface area is 299 Å². The lowest BCUT2D eigenvalue weighted by molar-refractivity contribution is 1.27. The number of hydrogen-bond acceptors (Lipinski definition) is 4. The molecule has 3 heterocycles. The van der Waals surface area contributed by atoms with Crippen molar-refractivity contribution in [2.75, 3.05) is 0 Å². The van der Waals surface area contributed by atoms with Gasteiger partial charge in [0.25, 0.3) is 0 Å². The molecule has 4 heteroatoms. The Hall–Kier alpha value is -7.04. The molecule has 240 valence electrons. The van der Waals surface area contributed by atoms with Crippen LogP contribution >= 0.6 is 0 Å². The van der Waals surface area contributed by atoms with Crippen LogP contribution in [0.25, 0.3) is 64.9 Å². The topological polar surface area (TPSA) is 50.5 Å². The van der Waals surface area contributed by atoms with Gasteiger partial charge in [-0.25, -0.2) is 20.0 Å². The summed E-state index contributed by atoms with van der Waals surface area (Å²) in [6.07, 6.45) is 0. The summed E-state index contributed by atoms with van der Waals surface area (Å²) < 4.78 is 0. The first kappa shape index (κ1) is 28.8. The normalized spacial score (nSPS) is 12.8. The van der Waals surface area contributed by atoms with E-state index in [1.807, 2.05) is 24.3 Å². The molecule has 10 aromatic rings. The Kier molecular flexibility index (Phi) is 6.22. The van der Waals surface area contributed by atoms with E-state index >= 15 is 0 Å². The van der Waals surface area contributed by atoms with Crippen LogP contribution in [0.3, 0.4) is 0 Å². The van der Waals surface area contributed by atoms with E-state index in [4.69, 9.17) is 20.0 Å². The Morgan fingerprint density at radius 1 is 0.269 bits per heavy atom. The molecule has 4 nitrogen and oxygen atoms in total. The van der Waals surface area contributed by atoms with Crippen molar-refractivity contribution in [1.29, 1.82) is 0 Å². The van der Waals surface area contributed by atoms with Gasteiger partial charge >= 0.3 is 0 Å². The van der Waals surface area contributed by atoms with Gasteiger partial charge < -0.3 is 0 Å². The first-order valence-corrected chi connectivity index (χ1v) is 17.5. The maximum absolute atomic E-state index is 5.53. The molecule has 0 radical (unpaired) electrons. The highest BCUT2D eigenvalue weighted by molar-refractivity contribution is 6.23. The van der Waals surface area contributed by atoms with Gasteiger partial charge in [-0.05, 0) is 104 Å². The Bertz CT molecular complexity index is 2980. The van der Waals surface area contributed by atoms with Crippen LogP contribution in [-0.2, 0) is 0 Å². The zero-order valence-corrected chi connectivity index (χ0v) is 28.0. The molecule has 0 unspecified atom stereocenters. The van der Waals surface area contributed by atoms with Crippen LogP contribution in [0.5, 0.6) is 0 Å². The van der Waals surface area contributed by atoms with E-state index in [9.17, 15) is 0 Å². The maximum atomic E-state index is 5.53. The second-order valence-corrected chi connectivity index (χ2v) is 13.5. The van der Waals surface area contributed by atoms with Gasteiger partial charge in [0, 0.05) is 21.9 Å². The lowest BCUT2D eigenvalue weighted by Crippen LogP contribution is -2.13. The van der Waals surface area contributed by atoms with Gasteiger partial charge in [0.1, 0.15) is 11.4 Å². The number of pyridine rings is 2. The standard InChI is InChI=1S/C48H28N4/c1-3-11-31-23-39-25-37(19-17-33(39)21-29(31)9-1)45-47-43(27-35-13-5-7-15-41(35)49-47)52-46(48-44(51-45)28-36-14-6-8-16-42(36)50-48)38-20-18-34-22-30-10-2-4-12-32(30)24-40(34)26-38/h1-28H. The van der Waals surface area contributed by atoms with Crippen molar-refractivity contribution >= 4 is 87.7 Å². The smallest absolute Gasteiger partial charge is 0.116 e. The van der Waals surface area contributed by atoms with Crippen molar-refractivity contribution in [3.63, 3.8) is 0 Å². The van der Waals surface area contributed by atoms with Crippen LogP contribution in [0.2, 0.25) is 0 Å². The molecule has 2 aromatic heterocycles. The third-order valence-electron chi connectivity index (χ3n) is 10.3. The molecule has 0 saturated heterocycles. The van der Waals surface area contributed by atoms with Crippen molar-refractivity contribution < 1.29 is 0 Å². The molecular weight excluding hydrogens is 633 g/mol. The third-order valence-corrected chi connectivity index (χ3v) is 10.3. The molecule has 0 atom stereocenters. The number of nitrogens with zero attached hydrogens (tertiary/aromatic N) is 4. The Balaban J connectivity index is 1.21. The molecule has 0 amide bonds. The fourth-order valence-electron chi connectivity index (χ4n) is 7.65. The highest BCUT2D eigenvalue weighted by Gasteiger charge is 2.24. The molecule has 0 N–H and O–H groups in total. The van der Waals surface area contributed by atoms with Crippen molar-refractivity contribution in [2.24, 2.45) is 9.98 Å². The summed E-state index contributed by atoms with van der Waals surface area (Å²) in [5, 5.41) is 11.5. The second-order valence-electron chi connectivity index (χ2n) is 13.5. The summed E-state index contributed by atoms with van der Waals surface area (Å²) >= 11 is 0. The zero-order chi connectivity index (χ0) is 34.2. The van der Waals surface area contributed by atoms with Crippen molar-refractivity contribution in [1.82, 2.24) is 9.97 Å². The molecule has 0 fully saturated rings. The fourth-order valence-corrected chi connectivity index (χ4v) is 7.65. The van der Waals surface area contributed by atoms with E-state index in [1.54, 1.807) is 0 Å². The Morgan fingerprint density at radius 3 is 1.04 bits per heavy atom. The minimum atomic E-state index is 0.738. The minimum absolute atomic E-state index is 0.738. The Morgan fingerprint density at radius 2 is 0.615 bits per heavy atom. The van der Waals surface area contributed by atoms with Crippen LogP contribution in [0.1, 0.15) is 22.5 Å². The van der Waals surface area contributed by atoms with Crippen LogP contribution in [0.15, 0.2) is 180 Å². The van der Waals surface area contributed by atoms with Gasteiger partial charge in [-0.15, -0.1) is 0 Å². The summed E-state index contributed by atoms with van der Waals surface area (Å²) in [5.74, 6) is 0. The molecule has 1 aliphatic heterocycles. The molecule has 52 heavy (non-hydrogen) atoms. The largest absolute Gasteiger partial charge is 0.244 e. The van der Waals surface area contributed by atoms with Gasteiger partial charge in [0.05, 0.1) is 33.8 Å². The first-order valence-electron chi connectivity index (χ1n) is 17.5. The highest BCUT2D eigenvalue weighted by atomic mass is 14.9. The van der Waals surface area contributed by atoms with Gasteiger partial charge in [0.2, 0.25) is 0 Å². The maximum Gasteiger partial charge on any atom is 0.116 e. The van der Waals surface area contributed by atoms with Crippen LogP contribution in [0, 0.1) is 0 Å². The number of aromatic nitrogens is 2. The lowest BCUT2D eigenvalue weighted by Gasteiger charge is -2.19. The third kappa shape index (κ3) is 4.69. The summed E-state index contributed by atoms with van der Waals surface area (Å²) in [6.45, 7) is 0. The molecular formula is C48H28N4. The fraction of sp³-hybridized carbons (Fsp3) is 0. The molecule has 0 spiro atoms. The quantitative estimate of drug-likeness (QED) is 0.173. The van der Waals surface area contributed by atoms with Crippen LogP contribution in [-0.4, -0.2) is 21.4 Å². The minimum Gasteiger partial charge on any atom is -0.244 e. The zero-order valence-electron chi connectivity index (χ0n) is 28.0. The van der Waals surface area contributed by atoms with Crippen LogP contribution in [0.4, 0.5) is 11.4 Å². The van der Waals surface area contributed by atoms with Crippen LogP contribution < -0.4 is 0 Å². The number of aliphatic imine (C=N–C) groups is 2. The highest BCUT2D eigenvalue weighted by Crippen LogP contribution is 2.37. The van der Waals surface area contributed by atoms with Crippen molar-refractivity contribution in [3.05, 3.63) is 192 Å². The molecule has 11 rings (SSSR count). The lowest BCUT2D eigenvalue weighted by atomic mass is 9.96. The number of hydrogen-bond donors (Lipinski definition) is 0. The summed E-state index contributed by atoms with van der Waals surface area (Å²) in [4.78, 5) is 21.6. The molecule has 0 bridgehead atoms. The van der Waals surface area contributed by atoms with E-state index < -0.39 is 0 Å².